The zero-order valence-corrected chi connectivity index (χ0v) is 8.47. The Morgan fingerprint density at radius 3 is 3.00 bits per heavy atom. The van der Waals surface area contributed by atoms with Crippen LogP contribution in [0.5, 0.6) is 0 Å². The number of benzene rings is 1. The number of carbonyl (C=O) groups excluding carboxylic acids is 2. The van der Waals surface area contributed by atoms with Gasteiger partial charge in [-0.2, -0.15) is 0 Å². The van der Waals surface area contributed by atoms with Crippen molar-refractivity contribution in [2.45, 2.75) is 6.23 Å². The molecule has 2 aliphatic rings. The van der Waals surface area contributed by atoms with Gasteiger partial charge < -0.3 is 15.0 Å². The molecule has 0 radical (unpaired) electrons. The summed E-state index contributed by atoms with van der Waals surface area (Å²) in [6.07, 6.45) is -0.778. The van der Waals surface area contributed by atoms with Crippen LogP contribution in [0.2, 0.25) is 0 Å². The standard InChI is InChI=1S/C11H10N2O3/c14-9-11-13(5-6-16-11)10(15)7-3-1-2-4-8(7)12-9/h1-4,11H,5-6H2,(H,12,14). The van der Waals surface area contributed by atoms with Crippen LogP contribution in [0, 0.1) is 0 Å². The molecular weight excluding hydrogens is 208 g/mol. The fraction of sp³-hybridized carbons (Fsp3) is 0.273. The van der Waals surface area contributed by atoms with Crippen molar-refractivity contribution in [1.82, 2.24) is 4.90 Å². The number of para-hydroxylation sites is 1. The van der Waals surface area contributed by atoms with Crippen LogP contribution >= 0.6 is 0 Å². The average Bonchev–Trinajstić information content (AvgIpc) is 2.74. The van der Waals surface area contributed by atoms with Crippen molar-refractivity contribution in [3.05, 3.63) is 29.8 Å². The number of amides is 2. The summed E-state index contributed by atoms with van der Waals surface area (Å²) in [5.41, 5.74) is 1.07. The minimum Gasteiger partial charge on any atom is -0.347 e. The smallest absolute Gasteiger partial charge is 0.274 e. The summed E-state index contributed by atoms with van der Waals surface area (Å²) in [4.78, 5) is 25.4. The maximum Gasteiger partial charge on any atom is 0.274 e. The van der Waals surface area contributed by atoms with E-state index in [-0.39, 0.29) is 11.8 Å². The second-order valence-electron chi connectivity index (χ2n) is 3.76. The summed E-state index contributed by atoms with van der Waals surface area (Å²) in [7, 11) is 0. The number of fused-ring (bicyclic) bond motifs is 2. The number of ether oxygens (including phenoxy) is 1. The lowest BCUT2D eigenvalue weighted by Gasteiger charge is -2.17. The van der Waals surface area contributed by atoms with Crippen LogP contribution in [0.4, 0.5) is 5.69 Å². The highest BCUT2D eigenvalue weighted by molar-refractivity contribution is 6.09. The number of nitrogens with zero attached hydrogens (tertiary/aromatic N) is 1. The van der Waals surface area contributed by atoms with Crippen molar-refractivity contribution in [1.29, 1.82) is 0 Å². The Labute approximate surface area is 92.0 Å². The first-order chi connectivity index (χ1) is 7.77. The highest BCUT2D eigenvalue weighted by atomic mass is 16.5. The van der Waals surface area contributed by atoms with Gasteiger partial charge in [0.15, 0.2) is 0 Å². The van der Waals surface area contributed by atoms with E-state index in [1.54, 1.807) is 24.3 Å². The van der Waals surface area contributed by atoms with Crippen molar-refractivity contribution in [2.75, 3.05) is 18.5 Å². The molecule has 1 N–H and O–H groups in total. The van der Waals surface area contributed by atoms with Crippen LogP contribution in [0.25, 0.3) is 0 Å². The molecule has 2 aliphatic heterocycles. The van der Waals surface area contributed by atoms with Crippen molar-refractivity contribution < 1.29 is 14.3 Å². The first-order valence-electron chi connectivity index (χ1n) is 5.10. The molecule has 1 saturated heterocycles. The molecule has 0 spiro atoms. The SMILES string of the molecule is O=C1Nc2ccccc2C(=O)N2CCOC12. The maximum absolute atomic E-state index is 12.1. The zero-order chi connectivity index (χ0) is 11.1. The molecule has 1 unspecified atom stereocenters. The number of rotatable bonds is 0. The molecule has 1 aromatic carbocycles. The van der Waals surface area contributed by atoms with E-state index in [1.807, 2.05) is 0 Å². The van der Waals surface area contributed by atoms with E-state index >= 15 is 0 Å². The molecule has 82 valence electrons. The molecule has 3 rings (SSSR count). The fourth-order valence-electron chi connectivity index (χ4n) is 2.02. The molecule has 1 atom stereocenters. The van der Waals surface area contributed by atoms with E-state index in [1.165, 1.54) is 4.90 Å². The number of carbonyl (C=O) groups is 2. The largest absolute Gasteiger partial charge is 0.347 e. The molecule has 0 saturated carbocycles. The third kappa shape index (κ3) is 1.22. The number of nitrogens with one attached hydrogen (secondary N) is 1. The topological polar surface area (TPSA) is 58.6 Å². The molecule has 1 fully saturated rings. The summed E-state index contributed by atoms with van der Waals surface area (Å²) in [6, 6.07) is 6.98. The van der Waals surface area contributed by atoms with E-state index in [9.17, 15) is 9.59 Å². The first kappa shape index (κ1) is 9.35. The lowest BCUT2D eigenvalue weighted by atomic mass is 10.1. The highest BCUT2D eigenvalue weighted by Gasteiger charge is 2.39. The molecule has 0 aromatic heterocycles. The van der Waals surface area contributed by atoms with E-state index in [0.717, 1.165) is 0 Å². The lowest BCUT2D eigenvalue weighted by Crippen LogP contribution is -2.41. The van der Waals surface area contributed by atoms with Gasteiger partial charge >= 0.3 is 0 Å². The Bertz CT molecular complexity index is 472. The highest BCUT2D eigenvalue weighted by Crippen LogP contribution is 2.25. The number of anilines is 1. The molecule has 0 aliphatic carbocycles. The molecule has 2 heterocycles. The fourth-order valence-corrected chi connectivity index (χ4v) is 2.02. The van der Waals surface area contributed by atoms with Gasteiger partial charge in [-0.25, -0.2) is 0 Å². The Morgan fingerprint density at radius 2 is 2.12 bits per heavy atom. The van der Waals surface area contributed by atoms with Gasteiger partial charge in [-0.05, 0) is 12.1 Å². The van der Waals surface area contributed by atoms with Gasteiger partial charge in [0.05, 0.1) is 17.9 Å². The van der Waals surface area contributed by atoms with Crippen molar-refractivity contribution in [3.63, 3.8) is 0 Å². The molecular formula is C11H10N2O3. The molecule has 0 bridgehead atoms. The zero-order valence-electron chi connectivity index (χ0n) is 8.47. The Hall–Kier alpha value is -1.88. The van der Waals surface area contributed by atoms with Crippen LogP contribution in [0.1, 0.15) is 10.4 Å². The van der Waals surface area contributed by atoms with Crippen LogP contribution in [0.15, 0.2) is 24.3 Å². The Kier molecular flexibility index (Phi) is 1.94. The van der Waals surface area contributed by atoms with E-state index in [0.29, 0.717) is 24.4 Å². The van der Waals surface area contributed by atoms with E-state index < -0.39 is 6.23 Å². The predicted molar refractivity (Wildman–Crippen MR) is 55.8 cm³/mol. The van der Waals surface area contributed by atoms with Gasteiger partial charge in [0, 0.05) is 6.54 Å². The molecule has 5 heteroatoms. The summed E-state index contributed by atoms with van der Waals surface area (Å²) in [5.74, 6) is -0.438. The van der Waals surface area contributed by atoms with Gasteiger partial charge in [0.2, 0.25) is 6.23 Å². The summed E-state index contributed by atoms with van der Waals surface area (Å²) < 4.78 is 5.24. The van der Waals surface area contributed by atoms with Gasteiger partial charge in [-0.1, -0.05) is 12.1 Å². The summed E-state index contributed by atoms with van der Waals surface area (Å²) in [6.45, 7) is 0.872. The second-order valence-corrected chi connectivity index (χ2v) is 3.76. The summed E-state index contributed by atoms with van der Waals surface area (Å²) in [5, 5.41) is 2.70. The molecule has 1 aromatic rings. The monoisotopic (exact) mass is 218 g/mol. The van der Waals surface area contributed by atoms with Crippen LogP contribution < -0.4 is 5.32 Å². The normalized spacial score (nSPS) is 23.5. The van der Waals surface area contributed by atoms with Gasteiger partial charge in [-0.15, -0.1) is 0 Å². The average molecular weight is 218 g/mol. The van der Waals surface area contributed by atoms with Crippen LogP contribution in [-0.4, -0.2) is 36.1 Å². The first-order valence-corrected chi connectivity index (χ1v) is 5.10. The molecule has 2 amide bonds. The second kappa shape index (κ2) is 3.31. The molecule has 16 heavy (non-hydrogen) atoms. The van der Waals surface area contributed by atoms with Gasteiger partial charge in [0.1, 0.15) is 0 Å². The number of hydrogen-bond donors (Lipinski definition) is 1. The minimum atomic E-state index is -0.778. The quantitative estimate of drug-likeness (QED) is 0.687. The Balaban J connectivity index is 2.11. The third-order valence-corrected chi connectivity index (χ3v) is 2.79. The number of hydrogen-bond acceptors (Lipinski definition) is 3. The maximum atomic E-state index is 12.1. The van der Waals surface area contributed by atoms with E-state index in [4.69, 9.17) is 4.74 Å². The van der Waals surface area contributed by atoms with Gasteiger partial charge in [-0.3, -0.25) is 9.59 Å². The summed E-state index contributed by atoms with van der Waals surface area (Å²) >= 11 is 0. The van der Waals surface area contributed by atoms with Crippen molar-refractivity contribution >= 4 is 17.5 Å². The third-order valence-electron chi connectivity index (χ3n) is 2.79. The lowest BCUT2D eigenvalue weighted by molar-refractivity contribution is -0.129. The van der Waals surface area contributed by atoms with Crippen molar-refractivity contribution in [2.24, 2.45) is 0 Å². The van der Waals surface area contributed by atoms with Crippen LogP contribution in [0.3, 0.4) is 0 Å². The van der Waals surface area contributed by atoms with Crippen molar-refractivity contribution in [3.8, 4) is 0 Å². The van der Waals surface area contributed by atoms with E-state index in [2.05, 4.69) is 5.32 Å². The van der Waals surface area contributed by atoms with Gasteiger partial charge in [0.25, 0.3) is 11.8 Å². The van der Waals surface area contributed by atoms with Crippen LogP contribution in [-0.2, 0) is 9.53 Å². The predicted octanol–water partition coefficient (Wildman–Crippen LogP) is 0.437. The minimum absolute atomic E-state index is 0.156. The molecule has 5 nitrogen and oxygen atoms in total. The Morgan fingerprint density at radius 1 is 1.31 bits per heavy atom.